The first-order chi connectivity index (χ1) is 8.70. The lowest BCUT2D eigenvalue weighted by atomic mass is 10.3. The summed E-state index contributed by atoms with van der Waals surface area (Å²) in [5.41, 5.74) is 1.17. The maximum atomic E-state index is 9.74. The van der Waals surface area contributed by atoms with E-state index in [-0.39, 0.29) is 0 Å². The number of pyridine rings is 1. The van der Waals surface area contributed by atoms with Crippen LogP contribution in [-0.2, 0) is 4.74 Å². The highest BCUT2D eigenvalue weighted by molar-refractivity contribution is 5.39. The molecule has 100 valence electrons. The minimum Gasteiger partial charge on any atom is -0.356 e. The van der Waals surface area contributed by atoms with Gasteiger partial charge in [0, 0.05) is 39.0 Å². The molecule has 2 rings (SSSR count). The molecule has 0 spiro atoms. The second-order valence-electron chi connectivity index (χ2n) is 4.50. The Labute approximate surface area is 108 Å². The number of aliphatic hydroxyl groups excluding tert-OH is 1. The average molecular weight is 251 g/mol. The molecule has 1 aliphatic heterocycles. The first-order valence-corrected chi connectivity index (χ1v) is 6.42. The number of ether oxygens (including phenoxy) is 1. The molecule has 0 aromatic carbocycles. The smallest absolute Gasteiger partial charge is 0.216 e. The Bertz CT molecular complexity index is 361. The van der Waals surface area contributed by atoms with E-state index in [1.165, 1.54) is 5.56 Å². The van der Waals surface area contributed by atoms with Crippen molar-refractivity contribution in [3.8, 4) is 0 Å². The monoisotopic (exact) mass is 251 g/mol. The van der Waals surface area contributed by atoms with E-state index < -0.39 is 6.41 Å². The fraction of sp³-hybridized carbons (Fsp3) is 0.615. The van der Waals surface area contributed by atoms with Crippen molar-refractivity contribution in [1.82, 2.24) is 9.88 Å². The lowest BCUT2D eigenvalue weighted by Crippen LogP contribution is -2.51. The van der Waals surface area contributed by atoms with Gasteiger partial charge in [0.15, 0.2) is 0 Å². The molecule has 1 unspecified atom stereocenters. The van der Waals surface area contributed by atoms with Gasteiger partial charge in [-0.15, -0.1) is 0 Å². The molecule has 1 saturated heterocycles. The summed E-state index contributed by atoms with van der Waals surface area (Å²) in [6, 6.07) is 4.12. The largest absolute Gasteiger partial charge is 0.356 e. The van der Waals surface area contributed by atoms with E-state index in [1.54, 1.807) is 0 Å². The van der Waals surface area contributed by atoms with Gasteiger partial charge >= 0.3 is 0 Å². The number of piperazine rings is 1. The van der Waals surface area contributed by atoms with E-state index in [0.29, 0.717) is 6.61 Å². The third-order valence-corrected chi connectivity index (χ3v) is 3.16. The van der Waals surface area contributed by atoms with Gasteiger partial charge in [-0.1, -0.05) is 6.07 Å². The molecule has 2 heterocycles. The Balaban J connectivity index is 1.88. The predicted octanol–water partition coefficient (Wildman–Crippen LogP) is 0.824. The van der Waals surface area contributed by atoms with Gasteiger partial charge in [-0.25, -0.2) is 4.98 Å². The molecular weight excluding hydrogens is 230 g/mol. The Kier molecular flexibility index (Phi) is 4.52. The van der Waals surface area contributed by atoms with Gasteiger partial charge < -0.3 is 14.7 Å². The van der Waals surface area contributed by atoms with Crippen molar-refractivity contribution < 1.29 is 9.84 Å². The number of hydrogen-bond acceptors (Lipinski definition) is 5. The molecule has 0 amide bonds. The van der Waals surface area contributed by atoms with Crippen molar-refractivity contribution in [2.24, 2.45) is 0 Å². The molecule has 5 nitrogen and oxygen atoms in total. The van der Waals surface area contributed by atoms with Crippen LogP contribution < -0.4 is 4.90 Å². The SMILES string of the molecule is CCOC(O)N1CCN(c2ccc(C)cn2)CC1. The fourth-order valence-corrected chi connectivity index (χ4v) is 2.07. The number of anilines is 1. The quantitative estimate of drug-likeness (QED) is 0.803. The summed E-state index contributed by atoms with van der Waals surface area (Å²) in [6.07, 6.45) is 1.11. The summed E-state index contributed by atoms with van der Waals surface area (Å²) in [5.74, 6) is 1.01. The first kappa shape index (κ1) is 13.3. The van der Waals surface area contributed by atoms with Gasteiger partial charge in [0.25, 0.3) is 0 Å². The Morgan fingerprint density at radius 3 is 2.61 bits per heavy atom. The minimum absolute atomic E-state index is 0.529. The molecule has 0 radical (unpaired) electrons. The van der Waals surface area contributed by atoms with Crippen molar-refractivity contribution in [3.05, 3.63) is 23.9 Å². The summed E-state index contributed by atoms with van der Waals surface area (Å²) < 4.78 is 5.19. The van der Waals surface area contributed by atoms with Crippen LogP contribution in [0.3, 0.4) is 0 Å². The fourth-order valence-electron chi connectivity index (χ4n) is 2.07. The summed E-state index contributed by atoms with van der Waals surface area (Å²) >= 11 is 0. The Morgan fingerprint density at radius 2 is 2.06 bits per heavy atom. The third kappa shape index (κ3) is 3.19. The number of aliphatic hydroxyl groups is 1. The van der Waals surface area contributed by atoms with Crippen molar-refractivity contribution in [1.29, 1.82) is 0 Å². The van der Waals surface area contributed by atoms with E-state index >= 15 is 0 Å². The number of aromatic nitrogens is 1. The van der Waals surface area contributed by atoms with E-state index in [4.69, 9.17) is 4.74 Å². The normalized spacial score (nSPS) is 18.9. The van der Waals surface area contributed by atoms with Crippen LogP contribution in [0.25, 0.3) is 0 Å². The average Bonchev–Trinajstić information content (AvgIpc) is 2.40. The Morgan fingerprint density at radius 1 is 1.33 bits per heavy atom. The molecule has 0 aliphatic carbocycles. The van der Waals surface area contributed by atoms with Crippen LogP contribution in [0.4, 0.5) is 5.82 Å². The maximum Gasteiger partial charge on any atom is 0.216 e. The van der Waals surface area contributed by atoms with Crippen LogP contribution in [-0.4, -0.2) is 54.2 Å². The standard InChI is InChI=1S/C13H21N3O2/c1-3-18-13(17)16-8-6-15(7-9-16)12-5-4-11(2)10-14-12/h4-5,10,13,17H,3,6-9H2,1-2H3. The highest BCUT2D eigenvalue weighted by Crippen LogP contribution is 2.14. The van der Waals surface area contributed by atoms with E-state index in [1.807, 2.05) is 31.0 Å². The van der Waals surface area contributed by atoms with Crippen LogP contribution in [0, 0.1) is 6.92 Å². The second-order valence-corrected chi connectivity index (χ2v) is 4.50. The lowest BCUT2D eigenvalue weighted by molar-refractivity contribution is -0.191. The summed E-state index contributed by atoms with van der Waals surface area (Å²) in [5, 5.41) is 9.74. The van der Waals surface area contributed by atoms with Crippen molar-refractivity contribution in [3.63, 3.8) is 0 Å². The summed E-state index contributed by atoms with van der Waals surface area (Å²) in [6.45, 7) is 7.75. The van der Waals surface area contributed by atoms with E-state index in [2.05, 4.69) is 16.0 Å². The van der Waals surface area contributed by atoms with Crippen LogP contribution >= 0.6 is 0 Å². The van der Waals surface area contributed by atoms with Gasteiger partial charge in [0.1, 0.15) is 5.82 Å². The van der Waals surface area contributed by atoms with Gasteiger partial charge in [-0.3, -0.25) is 4.90 Å². The third-order valence-electron chi connectivity index (χ3n) is 3.16. The highest BCUT2D eigenvalue weighted by atomic mass is 16.6. The first-order valence-electron chi connectivity index (χ1n) is 6.42. The van der Waals surface area contributed by atoms with Gasteiger partial charge in [-0.2, -0.15) is 0 Å². The predicted molar refractivity (Wildman–Crippen MR) is 70.4 cm³/mol. The molecule has 1 aliphatic rings. The van der Waals surface area contributed by atoms with Gasteiger partial charge in [-0.05, 0) is 25.5 Å². The molecule has 1 aromatic rings. The van der Waals surface area contributed by atoms with Crippen molar-refractivity contribution >= 4 is 5.82 Å². The molecule has 0 saturated carbocycles. The number of hydrogen-bond donors (Lipinski definition) is 1. The summed E-state index contributed by atoms with van der Waals surface area (Å²) in [7, 11) is 0. The molecule has 0 bridgehead atoms. The van der Waals surface area contributed by atoms with Crippen LogP contribution in [0.5, 0.6) is 0 Å². The lowest BCUT2D eigenvalue weighted by Gasteiger charge is -2.37. The van der Waals surface area contributed by atoms with Crippen molar-refractivity contribution in [2.45, 2.75) is 20.3 Å². The zero-order chi connectivity index (χ0) is 13.0. The zero-order valence-corrected chi connectivity index (χ0v) is 11.0. The molecule has 1 atom stereocenters. The Hall–Kier alpha value is -1.17. The van der Waals surface area contributed by atoms with Crippen LogP contribution in [0.1, 0.15) is 12.5 Å². The topological polar surface area (TPSA) is 48.8 Å². The molecular formula is C13H21N3O2. The maximum absolute atomic E-state index is 9.74. The van der Waals surface area contributed by atoms with Gasteiger partial charge in [0.2, 0.25) is 6.41 Å². The van der Waals surface area contributed by atoms with Gasteiger partial charge in [0.05, 0.1) is 0 Å². The van der Waals surface area contributed by atoms with Crippen LogP contribution in [0.15, 0.2) is 18.3 Å². The van der Waals surface area contributed by atoms with E-state index in [9.17, 15) is 5.11 Å². The molecule has 5 heteroatoms. The van der Waals surface area contributed by atoms with Crippen LogP contribution in [0.2, 0.25) is 0 Å². The molecule has 18 heavy (non-hydrogen) atoms. The number of aryl methyl sites for hydroxylation is 1. The highest BCUT2D eigenvalue weighted by Gasteiger charge is 2.22. The number of nitrogens with zero attached hydrogens (tertiary/aromatic N) is 3. The molecule has 1 N–H and O–H groups in total. The minimum atomic E-state index is -0.775. The zero-order valence-electron chi connectivity index (χ0n) is 11.0. The van der Waals surface area contributed by atoms with E-state index in [0.717, 1.165) is 32.0 Å². The molecule has 1 aromatic heterocycles. The summed E-state index contributed by atoms with van der Waals surface area (Å²) in [4.78, 5) is 8.59. The number of rotatable bonds is 4. The second kappa shape index (κ2) is 6.13. The van der Waals surface area contributed by atoms with Crippen molar-refractivity contribution in [2.75, 3.05) is 37.7 Å². The molecule has 1 fully saturated rings.